The molecule has 1 heterocycles. The van der Waals surface area contributed by atoms with Gasteiger partial charge in [-0.05, 0) is 36.6 Å². The molecule has 0 unspecified atom stereocenters. The van der Waals surface area contributed by atoms with Crippen LogP contribution in [0.5, 0.6) is 5.75 Å². The van der Waals surface area contributed by atoms with E-state index in [0.717, 1.165) is 29.4 Å². The van der Waals surface area contributed by atoms with Gasteiger partial charge in [-0.1, -0.05) is 0 Å². The summed E-state index contributed by atoms with van der Waals surface area (Å²) in [5, 5.41) is 2.87. The van der Waals surface area contributed by atoms with E-state index in [-0.39, 0.29) is 5.91 Å². The van der Waals surface area contributed by atoms with Crippen LogP contribution in [0.4, 0.5) is 11.4 Å². The van der Waals surface area contributed by atoms with E-state index in [1.807, 2.05) is 31.5 Å². The Hall–Kier alpha value is -1.40. The monoisotopic (exact) mass is 295 g/mol. The summed E-state index contributed by atoms with van der Waals surface area (Å²) in [7, 11) is 2.01. The van der Waals surface area contributed by atoms with Crippen molar-refractivity contribution in [2.45, 2.75) is 12.5 Å². The molecule has 0 spiro atoms. The first-order chi connectivity index (χ1) is 9.61. The fourth-order valence-corrected chi connectivity index (χ4v) is 2.53. The summed E-state index contributed by atoms with van der Waals surface area (Å²) in [6, 6.07) is 5.19. The molecule has 5 nitrogen and oxygen atoms in total. The molecule has 0 aliphatic carbocycles. The molecule has 0 radical (unpaired) electrons. The van der Waals surface area contributed by atoms with Gasteiger partial charge in [0.25, 0.3) is 0 Å². The van der Waals surface area contributed by atoms with Crippen molar-refractivity contribution in [2.75, 3.05) is 42.4 Å². The highest BCUT2D eigenvalue weighted by atomic mass is 32.2. The van der Waals surface area contributed by atoms with Crippen LogP contribution in [0.2, 0.25) is 0 Å². The molecule has 3 N–H and O–H groups in total. The van der Waals surface area contributed by atoms with Crippen LogP contribution < -0.4 is 20.7 Å². The number of nitrogens with zero attached hydrogens (tertiary/aromatic N) is 1. The number of ether oxygens (including phenoxy) is 1. The van der Waals surface area contributed by atoms with Crippen molar-refractivity contribution in [3.8, 4) is 5.75 Å². The van der Waals surface area contributed by atoms with Gasteiger partial charge in [0, 0.05) is 12.7 Å². The number of benzene rings is 1. The van der Waals surface area contributed by atoms with Gasteiger partial charge in [-0.2, -0.15) is 11.8 Å². The van der Waals surface area contributed by atoms with Gasteiger partial charge >= 0.3 is 0 Å². The summed E-state index contributed by atoms with van der Waals surface area (Å²) in [5.74, 6) is 1.59. The fraction of sp³-hybridized carbons (Fsp3) is 0.500. The van der Waals surface area contributed by atoms with Gasteiger partial charge in [-0.3, -0.25) is 4.79 Å². The highest BCUT2D eigenvalue weighted by Gasteiger charge is 2.17. The zero-order valence-electron chi connectivity index (χ0n) is 11.9. The number of carbonyl (C=O) groups is 1. The van der Waals surface area contributed by atoms with Crippen LogP contribution in [-0.4, -0.2) is 44.2 Å². The maximum Gasteiger partial charge on any atom is 0.241 e. The molecule has 1 aliphatic heterocycles. The van der Waals surface area contributed by atoms with Crippen molar-refractivity contribution < 1.29 is 9.53 Å². The van der Waals surface area contributed by atoms with Crippen molar-refractivity contribution in [1.82, 2.24) is 0 Å². The lowest BCUT2D eigenvalue weighted by Crippen LogP contribution is -2.36. The molecule has 0 bridgehead atoms. The molecule has 1 atom stereocenters. The number of carbonyl (C=O) groups excluding carboxylic acids is 1. The third kappa shape index (κ3) is 3.58. The fourth-order valence-electron chi connectivity index (χ4n) is 2.04. The van der Waals surface area contributed by atoms with Gasteiger partial charge in [0.1, 0.15) is 12.4 Å². The van der Waals surface area contributed by atoms with Gasteiger partial charge in [-0.25, -0.2) is 0 Å². The summed E-state index contributed by atoms with van der Waals surface area (Å²) in [6.07, 6.45) is 2.69. The minimum Gasteiger partial charge on any atom is -0.490 e. The summed E-state index contributed by atoms with van der Waals surface area (Å²) in [6.45, 7) is 1.53. The number of rotatable bonds is 5. The van der Waals surface area contributed by atoms with E-state index in [1.54, 1.807) is 11.8 Å². The Morgan fingerprint density at radius 3 is 3.15 bits per heavy atom. The molecule has 20 heavy (non-hydrogen) atoms. The molecule has 0 saturated heterocycles. The summed E-state index contributed by atoms with van der Waals surface area (Å²) >= 11 is 1.69. The Labute approximate surface area is 123 Å². The van der Waals surface area contributed by atoms with Gasteiger partial charge in [0.2, 0.25) is 5.91 Å². The quantitative estimate of drug-likeness (QED) is 0.862. The van der Waals surface area contributed by atoms with Crippen LogP contribution >= 0.6 is 11.8 Å². The van der Waals surface area contributed by atoms with Crippen molar-refractivity contribution in [1.29, 1.82) is 0 Å². The van der Waals surface area contributed by atoms with E-state index in [4.69, 9.17) is 10.5 Å². The Bertz CT molecular complexity index is 481. The SMILES string of the molecule is CSCC[C@H](N)C(=O)Nc1ccc2c(c1)N(C)CCO2. The summed E-state index contributed by atoms with van der Waals surface area (Å²) in [5.41, 5.74) is 7.60. The maximum absolute atomic E-state index is 12.0. The van der Waals surface area contributed by atoms with Gasteiger partial charge in [0.05, 0.1) is 18.3 Å². The van der Waals surface area contributed by atoms with E-state index in [9.17, 15) is 4.79 Å². The van der Waals surface area contributed by atoms with Crippen LogP contribution in [-0.2, 0) is 4.79 Å². The third-order valence-electron chi connectivity index (χ3n) is 3.29. The second-order valence-electron chi connectivity index (χ2n) is 4.83. The highest BCUT2D eigenvalue weighted by molar-refractivity contribution is 7.98. The number of amides is 1. The number of fused-ring (bicyclic) bond motifs is 1. The Balaban J connectivity index is 2.03. The smallest absolute Gasteiger partial charge is 0.241 e. The molecule has 0 fully saturated rings. The van der Waals surface area contributed by atoms with E-state index in [0.29, 0.717) is 13.0 Å². The second-order valence-corrected chi connectivity index (χ2v) is 5.82. The molecule has 110 valence electrons. The number of anilines is 2. The van der Waals surface area contributed by atoms with E-state index in [1.165, 1.54) is 0 Å². The van der Waals surface area contributed by atoms with Crippen LogP contribution in [0, 0.1) is 0 Å². The summed E-state index contributed by atoms with van der Waals surface area (Å²) < 4.78 is 5.57. The Morgan fingerprint density at radius 2 is 2.40 bits per heavy atom. The molecule has 1 aromatic carbocycles. The standard InChI is InChI=1S/C14H21N3O2S/c1-17-6-7-19-13-4-3-10(9-12(13)17)16-14(18)11(15)5-8-20-2/h3-4,9,11H,5-8,15H2,1-2H3,(H,16,18)/t11-/m0/s1. The Morgan fingerprint density at radius 1 is 1.60 bits per heavy atom. The van der Waals surface area contributed by atoms with Gasteiger partial charge in [-0.15, -0.1) is 0 Å². The zero-order valence-corrected chi connectivity index (χ0v) is 12.7. The predicted octanol–water partition coefficient (Wildman–Crippen LogP) is 1.53. The number of nitrogens with one attached hydrogen (secondary N) is 1. The van der Waals surface area contributed by atoms with E-state index >= 15 is 0 Å². The number of nitrogens with two attached hydrogens (primary N) is 1. The van der Waals surface area contributed by atoms with Crippen molar-refractivity contribution in [3.63, 3.8) is 0 Å². The average molecular weight is 295 g/mol. The lowest BCUT2D eigenvalue weighted by atomic mass is 10.2. The first kappa shape index (κ1) is 15.0. The van der Waals surface area contributed by atoms with Crippen molar-refractivity contribution in [2.24, 2.45) is 5.73 Å². The van der Waals surface area contributed by atoms with Crippen molar-refractivity contribution in [3.05, 3.63) is 18.2 Å². The highest BCUT2D eigenvalue weighted by Crippen LogP contribution is 2.33. The van der Waals surface area contributed by atoms with Crippen LogP contribution in [0.15, 0.2) is 18.2 Å². The molecular weight excluding hydrogens is 274 g/mol. The third-order valence-corrected chi connectivity index (χ3v) is 3.94. The second kappa shape index (κ2) is 6.85. The predicted molar refractivity (Wildman–Crippen MR) is 84.8 cm³/mol. The minimum absolute atomic E-state index is 0.140. The van der Waals surface area contributed by atoms with E-state index in [2.05, 4.69) is 10.2 Å². The molecule has 1 amide bonds. The normalized spacial score (nSPS) is 15.2. The van der Waals surface area contributed by atoms with Gasteiger partial charge in [0.15, 0.2) is 0 Å². The topological polar surface area (TPSA) is 67.6 Å². The molecule has 6 heteroatoms. The first-order valence-electron chi connectivity index (χ1n) is 6.65. The molecule has 1 aliphatic rings. The van der Waals surface area contributed by atoms with E-state index < -0.39 is 6.04 Å². The molecule has 2 rings (SSSR count). The average Bonchev–Trinajstić information content (AvgIpc) is 2.45. The largest absolute Gasteiger partial charge is 0.490 e. The van der Waals surface area contributed by atoms with Gasteiger partial charge < -0.3 is 20.7 Å². The Kier molecular flexibility index (Phi) is 5.14. The molecule has 0 aromatic heterocycles. The minimum atomic E-state index is -0.465. The molecular formula is C14H21N3O2S. The number of thioether (sulfide) groups is 1. The van der Waals surface area contributed by atoms with Crippen LogP contribution in [0.3, 0.4) is 0 Å². The number of likely N-dealkylation sites (N-methyl/N-ethyl adjacent to an activating group) is 1. The summed E-state index contributed by atoms with van der Waals surface area (Å²) in [4.78, 5) is 14.1. The number of hydrogen-bond acceptors (Lipinski definition) is 5. The molecule has 0 saturated carbocycles. The first-order valence-corrected chi connectivity index (χ1v) is 8.04. The van der Waals surface area contributed by atoms with Crippen LogP contribution in [0.25, 0.3) is 0 Å². The molecule has 1 aromatic rings. The van der Waals surface area contributed by atoms with Crippen molar-refractivity contribution >= 4 is 29.0 Å². The number of hydrogen-bond donors (Lipinski definition) is 2. The lowest BCUT2D eigenvalue weighted by Gasteiger charge is -2.28. The maximum atomic E-state index is 12.0. The lowest BCUT2D eigenvalue weighted by molar-refractivity contribution is -0.117. The van der Waals surface area contributed by atoms with Crippen LogP contribution in [0.1, 0.15) is 6.42 Å². The zero-order chi connectivity index (χ0) is 14.5.